The zero-order valence-corrected chi connectivity index (χ0v) is 11.3. The highest BCUT2D eigenvalue weighted by atomic mass is 35.5. The quantitative estimate of drug-likeness (QED) is 0.931. The largest absolute Gasteiger partial charge is 0.481 e. The van der Waals surface area contributed by atoms with Crippen molar-refractivity contribution in [2.24, 2.45) is 5.92 Å². The molecular weight excluding hydrogens is 276 g/mol. The molecule has 0 radical (unpaired) electrons. The molecular formula is C13H16ClF2NO2. The number of carbonyl (C=O) groups is 1. The van der Waals surface area contributed by atoms with E-state index in [9.17, 15) is 13.6 Å². The lowest BCUT2D eigenvalue weighted by atomic mass is 10.1. The van der Waals surface area contributed by atoms with Crippen LogP contribution in [-0.2, 0) is 4.79 Å². The van der Waals surface area contributed by atoms with E-state index < -0.39 is 29.6 Å². The van der Waals surface area contributed by atoms with E-state index >= 15 is 0 Å². The number of halogens is 3. The molecule has 1 aliphatic heterocycles. The van der Waals surface area contributed by atoms with Crippen molar-refractivity contribution in [2.75, 3.05) is 13.1 Å². The van der Waals surface area contributed by atoms with Crippen LogP contribution in [0, 0.1) is 17.6 Å². The van der Waals surface area contributed by atoms with Crippen molar-refractivity contribution in [3.63, 3.8) is 0 Å². The summed E-state index contributed by atoms with van der Waals surface area (Å²) in [5.41, 5.74) is 0.0172. The van der Waals surface area contributed by atoms with Gasteiger partial charge >= 0.3 is 5.97 Å². The van der Waals surface area contributed by atoms with Gasteiger partial charge in [-0.15, -0.1) is 12.4 Å². The van der Waals surface area contributed by atoms with Crippen LogP contribution < -0.4 is 0 Å². The average Bonchev–Trinajstić information content (AvgIpc) is 2.77. The van der Waals surface area contributed by atoms with Crippen LogP contribution in [0.5, 0.6) is 0 Å². The highest BCUT2D eigenvalue weighted by molar-refractivity contribution is 5.85. The third-order valence-corrected chi connectivity index (χ3v) is 3.53. The molecule has 1 N–H and O–H groups in total. The second kappa shape index (κ2) is 6.30. The Bertz CT molecular complexity index is 450. The van der Waals surface area contributed by atoms with Crippen molar-refractivity contribution in [1.29, 1.82) is 0 Å². The van der Waals surface area contributed by atoms with Crippen LogP contribution in [-0.4, -0.2) is 29.1 Å². The third kappa shape index (κ3) is 3.22. The number of carboxylic acids is 1. The minimum Gasteiger partial charge on any atom is -0.481 e. The third-order valence-electron chi connectivity index (χ3n) is 3.53. The van der Waals surface area contributed by atoms with Gasteiger partial charge in [0, 0.05) is 18.2 Å². The van der Waals surface area contributed by atoms with Gasteiger partial charge in [0.05, 0.1) is 5.92 Å². The predicted octanol–water partition coefficient (Wildman–Crippen LogP) is 2.85. The van der Waals surface area contributed by atoms with Crippen molar-refractivity contribution in [2.45, 2.75) is 19.4 Å². The fraction of sp³-hybridized carbons (Fsp3) is 0.462. The fourth-order valence-electron chi connectivity index (χ4n) is 2.43. The minimum absolute atomic E-state index is 0. The normalized spacial score (nSPS) is 20.9. The summed E-state index contributed by atoms with van der Waals surface area (Å²) >= 11 is 0. The molecule has 2 atom stereocenters. The summed E-state index contributed by atoms with van der Waals surface area (Å²) in [6.07, 6.45) is 0.524. The number of hydrogen-bond acceptors (Lipinski definition) is 2. The summed E-state index contributed by atoms with van der Waals surface area (Å²) in [4.78, 5) is 12.7. The van der Waals surface area contributed by atoms with Gasteiger partial charge in [0.25, 0.3) is 0 Å². The molecule has 0 spiro atoms. The Morgan fingerprint density at radius 1 is 1.42 bits per heavy atom. The molecule has 0 aromatic heterocycles. The predicted molar refractivity (Wildman–Crippen MR) is 69.3 cm³/mol. The van der Waals surface area contributed by atoms with E-state index in [-0.39, 0.29) is 18.0 Å². The molecule has 0 saturated carbocycles. The summed E-state index contributed by atoms with van der Waals surface area (Å²) < 4.78 is 27.3. The Morgan fingerprint density at radius 2 is 2.00 bits per heavy atom. The van der Waals surface area contributed by atoms with E-state index in [4.69, 9.17) is 5.11 Å². The van der Waals surface area contributed by atoms with Gasteiger partial charge in [-0.1, -0.05) is 6.07 Å². The van der Waals surface area contributed by atoms with E-state index in [1.807, 2.05) is 0 Å². The molecule has 1 saturated heterocycles. The number of hydrogen-bond donors (Lipinski definition) is 1. The number of likely N-dealkylation sites (tertiary alicyclic amines) is 1. The molecule has 0 bridgehead atoms. The van der Waals surface area contributed by atoms with Gasteiger partial charge in [-0.25, -0.2) is 8.78 Å². The summed E-state index contributed by atoms with van der Waals surface area (Å²) in [5, 5.41) is 8.92. The molecule has 1 fully saturated rings. The van der Waals surface area contributed by atoms with Crippen LogP contribution in [0.4, 0.5) is 8.78 Å². The molecule has 1 heterocycles. The molecule has 2 rings (SSSR count). The van der Waals surface area contributed by atoms with Crippen molar-refractivity contribution in [3.05, 3.63) is 35.4 Å². The van der Waals surface area contributed by atoms with E-state index in [0.29, 0.717) is 19.5 Å². The molecule has 3 nitrogen and oxygen atoms in total. The molecule has 0 amide bonds. The second-order valence-electron chi connectivity index (χ2n) is 4.63. The lowest BCUT2D eigenvalue weighted by Gasteiger charge is -2.25. The van der Waals surface area contributed by atoms with Crippen molar-refractivity contribution in [3.8, 4) is 0 Å². The fourth-order valence-corrected chi connectivity index (χ4v) is 2.43. The first-order chi connectivity index (χ1) is 8.50. The van der Waals surface area contributed by atoms with E-state index in [1.165, 1.54) is 18.2 Å². The monoisotopic (exact) mass is 291 g/mol. The summed E-state index contributed by atoms with van der Waals surface area (Å²) in [7, 11) is 0. The summed E-state index contributed by atoms with van der Waals surface area (Å²) in [6.45, 7) is 2.59. The molecule has 1 aromatic carbocycles. The SMILES string of the molecule is CC(c1c(F)cccc1F)N1CCC(C(=O)O)C1.Cl. The summed E-state index contributed by atoms with van der Waals surface area (Å²) in [5.74, 6) is -2.46. The first-order valence-electron chi connectivity index (χ1n) is 5.91. The number of nitrogens with zero attached hydrogens (tertiary/aromatic N) is 1. The molecule has 0 aliphatic carbocycles. The van der Waals surface area contributed by atoms with Crippen LogP contribution in [0.1, 0.15) is 24.9 Å². The maximum absolute atomic E-state index is 13.6. The maximum Gasteiger partial charge on any atom is 0.307 e. The van der Waals surface area contributed by atoms with E-state index in [0.717, 1.165) is 0 Å². The number of benzene rings is 1. The second-order valence-corrected chi connectivity index (χ2v) is 4.63. The van der Waals surface area contributed by atoms with Gasteiger partial charge in [-0.3, -0.25) is 9.69 Å². The lowest BCUT2D eigenvalue weighted by molar-refractivity contribution is -0.141. The standard InChI is InChI=1S/C13H15F2NO2.ClH/c1-8(12-10(14)3-2-4-11(12)15)16-6-5-9(7-16)13(17)18;/h2-4,8-9H,5-7H2,1H3,(H,17,18);1H. The van der Waals surface area contributed by atoms with Crippen molar-refractivity contribution in [1.82, 2.24) is 4.90 Å². The average molecular weight is 292 g/mol. The minimum atomic E-state index is -0.848. The highest BCUT2D eigenvalue weighted by Gasteiger charge is 2.32. The van der Waals surface area contributed by atoms with Crippen LogP contribution in [0.2, 0.25) is 0 Å². The van der Waals surface area contributed by atoms with Gasteiger partial charge < -0.3 is 5.11 Å². The van der Waals surface area contributed by atoms with Crippen LogP contribution in [0.25, 0.3) is 0 Å². The number of aliphatic carboxylic acids is 1. The first-order valence-corrected chi connectivity index (χ1v) is 5.91. The highest BCUT2D eigenvalue weighted by Crippen LogP contribution is 2.30. The molecule has 6 heteroatoms. The van der Waals surface area contributed by atoms with Gasteiger partial charge in [-0.2, -0.15) is 0 Å². The van der Waals surface area contributed by atoms with Crippen LogP contribution in [0.15, 0.2) is 18.2 Å². The number of rotatable bonds is 3. The van der Waals surface area contributed by atoms with Gasteiger partial charge in [0.2, 0.25) is 0 Å². The van der Waals surface area contributed by atoms with Crippen LogP contribution in [0.3, 0.4) is 0 Å². The Kier molecular flexibility index (Phi) is 5.26. The zero-order valence-electron chi connectivity index (χ0n) is 10.5. The Morgan fingerprint density at radius 3 is 2.47 bits per heavy atom. The zero-order chi connectivity index (χ0) is 13.3. The smallest absolute Gasteiger partial charge is 0.307 e. The van der Waals surface area contributed by atoms with E-state index in [1.54, 1.807) is 11.8 Å². The van der Waals surface area contributed by atoms with Crippen LogP contribution >= 0.6 is 12.4 Å². The first kappa shape index (κ1) is 15.9. The lowest BCUT2D eigenvalue weighted by Crippen LogP contribution is -2.27. The van der Waals surface area contributed by atoms with Crippen molar-refractivity contribution >= 4 is 18.4 Å². The Balaban J connectivity index is 0.00000180. The van der Waals surface area contributed by atoms with Crippen molar-refractivity contribution < 1.29 is 18.7 Å². The molecule has 19 heavy (non-hydrogen) atoms. The van der Waals surface area contributed by atoms with Gasteiger partial charge in [0.15, 0.2) is 0 Å². The summed E-state index contributed by atoms with van der Waals surface area (Å²) in [6, 6.07) is 3.32. The number of carboxylic acid groups (broad SMARTS) is 1. The van der Waals surface area contributed by atoms with Gasteiger partial charge in [0.1, 0.15) is 11.6 Å². The molecule has 1 aromatic rings. The maximum atomic E-state index is 13.6. The molecule has 1 aliphatic rings. The van der Waals surface area contributed by atoms with Gasteiger partial charge in [-0.05, 0) is 32.0 Å². The Labute approximate surface area is 116 Å². The Hall–Kier alpha value is -1.20. The van der Waals surface area contributed by atoms with E-state index in [2.05, 4.69) is 0 Å². The molecule has 106 valence electrons. The molecule has 2 unspecified atom stereocenters. The topological polar surface area (TPSA) is 40.5 Å².